The monoisotopic (exact) mass is 357 g/mol. The van der Waals surface area contributed by atoms with Gasteiger partial charge < -0.3 is 15.4 Å². The van der Waals surface area contributed by atoms with Crippen LogP contribution in [-0.2, 0) is 16.8 Å². The number of fused-ring (bicyclic) bond motifs is 1. The van der Waals surface area contributed by atoms with E-state index in [-0.39, 0.29) is 11.5 Å². The molecule has 1 saturated heterocycles. The number of carbonyl (C=O) groups is 1. The summed E-state index contributed by atoms with van der Waals surface area (Å²) in [6.07, 6.45) is 0.789. The van der Waals surface area contributed by atoms with Crippen molar-refractivity contribution < 1.29 is 9.53 Å². The molecule has 4 rings (SSSR count). The van der Waals surface area contributed by atoms with E-state index in [1.807, 2.05) is 37.3 Å². The number of thiazole rings is 1. The molecule has 0 bridgehead atoms. The lowest BCUT2D eigenvalue weighted by atomic mass is 10.0. The summed E-state index contributed by atoms with van der Waals surface area (Å²) in [5.74, 6) is 1.16. The molecule has 3 atom stereocenters. The van der Waals surface area contributed by atoms with Crippen molar-refractivity contribution in [1.82, 2.24) is 15.6 Å². The quantitative estimate of drug-likeness (QED) is 0.864. The van der Waals surface area contributed by atoms with E-state index in [0.717, 1.165) is 35.8 Å². The van der Waals surface area contributed by atoms with Crippen molar-refractivity contribution in [3.05, 3.63) is 52.0 Å². The number of aromatic nitrogens is 1. The molecule has 1 aromatic carbocycles. The van der Waals surface area contributed by atoms with Crippen molar-refractivity contribution in [3.8, 4) is 0 Å². The first-order valence-electron chi connectivity index (χ1n) is 8.78. The van der Waals surface area contributed by atoms with Crippen molar-refractivity contribution in [2.75, 3.05) is 19.6 Å². The van der Waals surface area contributed by atoms with Gasteiger partial charge in [0, 0.05) is 23.0 Å². The number of amides is 1. The molecular formula is C19H23N3O2S. The molecule has 2 heterocycles. The van der Waals surface area contributed by atoms with E-state index in [9.17, 15) is 4.79 Å². The van der Waals surface area contributed by atoms with Gasteiger partial charge in [-0.05, 0) is 43.8 Å². The second-order valence-corrected chi connectivity index (χ2v) is 7.81. The Hall–Kier alpha value is -1.92. The van der Waals surface area contributed by atoms with E-state index in [1.165, 1.54) is 0 Å². The van der Waals surface area contributed by atoms with Gasteiger partial charge in [0.1, 0.15) is 11.6 Å². The first-order chi connectivity index (χ1) is 12.2. The van der Waals surface area contributed by atoms with Gasteiger partial charge in [-0.15, -0.1) is 11.3 Å². The molecule has 1 amide bonds. The number of benzene rings is 1. The van der Waals surface area contributed by atoms with Crippen LogP contribution in [0.15, 0.2) is 35.7 Å². The largest absolute Gasteiger partial charge is 0.445 e. The van der Waals surface area contributed by atoms with Crippen molar-refractivity contribution in [3.63, 3.8) is 0 Å². The fourth-order valence-corrected chi connectivity index (χ4v) is 5.24. The number of nitrogens with zero attached hydrogens (tertiary/aromatic N) is 1. The maximum atomic E-state index is 12.2. The van der Waals surface area contributed by atoms with Crippen LogP contribution in [-0.4, -0.2) is 30.7 Å². The third kappa shape index (κ3) is 3.16. The summed E-state index contributed by atoms with van der Waals surface area (Å²) in [7, 11) is 0. The number of hydrogen-bond donors (Lipinski definition) is 2. The number of aryl methyl sites for hydroxylation is 1. The third-order valence-electron chi connectivity index (χ3n) is 5.45. The Labute approximate surface area is 151 Å². The van der Waals surface area contributed by atoms with Gasteiger partial charge in [0.2, 0.25) is 0 Å². The molecule has 1 saturated carbocycles. The van der Waals surface area contributed by atoms with Crippen LogP contribution >= 0.6 is 11.3 Å². The van der Waals surface area contributed by atoms with Crippen molar-refractivity contribution in [2.24, 2.45) is 11.8 Å². The molecule has 5 nitrogen and oxygen atoms in total. The molecule has 132 valence electrons. The third-order valence-corrected chi connectivity index (χ3v) is 6.61. The topological polar surface area (TPSA) is 63.2 Å². The first-order valence-corrected chi connectivity index (χ1v) is 9.66. The smallest absolute Gasteiger partial charge is 0.407 e. The Balaban J connectivity index is 1.39. The summed E-state index contributed by atoms with van der Waals surface area (Å²) < 4.78 is 5.36. The van der Waals surface area contributed by atoms with Crippen LogP contribution in [0.5, 0.6) is 0 Å². The molecule has 1 aliphatic carbocycles. The van der Waals surface area contributed by atoms with Gasteiger partial charge >= 0.3 is 6.09 Å². The minimum Gasteiger partial charge on any atom is -0.445 e. The highest BCUT2D eigenvalue weighted by Gasteiger charge is 2.67. The molecule has 25 heavy (non-hydrogen) atoms. The fraction of sp³-hybridized carbons (Fsp3) is 0.474. The number of piperidine rings is 1. The zero-order valence-corrected chi connectivity index (χ0v) is 15.1. The summed E-state index contributed by atoms with van der Waals surface area (Å²) in [5.41, 5.74) is 2.03. The average molecular weight is 357 g/mol. The number of rotatable bonds is 5. The summed E-state index contributed by atoms with van der Waals surface area (Å²) >= 11 is 1.72. The van der Waals surface area contributed by atoms with Crippen LogP contribution in [0.3, 0.4) is 0 Å². The lowest BCUT2D eigenvalue weighted by Crippen LogP contribution is -2.35. The normalized spacial score (nSPS) is 27.4. The second-order valence-electron chi connectivity index (χ2n) is 6.96. The highest BCUT2D eigenvalue weighted by Crippen LogP contribution is 2.62. The molecule has 1 aliphatic heterocycles. The van der Waals surface area contributed by atoms with Gasteiger partial charge in [-0.1, -0.05) is 30.3 Å². The number of hydrogen-bond acceptors (Lipinski definition) is 5. The predicted molar refractivity (Wildman–Crippen MR) is 97.6 cm³/mol. The molecule has 0 radical (unpaired) electrons. The van der Waals surface area contributed by atoms with Gasteiger partial charge in [-0.25, -0.2) is 9.78 Å². The summed E-state index contributed by atoms with van der Waals surface area (Å²) in [6, 6.07) is 9.74. The van der Waals surface area contributed by atoms with E-state index in [4.69, 9.17) is 9.72 Å². The Morgan fingerprint density at radius 3 is 2.92 bits per heavy atom. The van der Waals surface area contributed by atoms with Crippen LogP contribution in [0, 0.1) is 18.8 Å². The second kappa shape index (κ2) is 6.77. The SMILES string of the molecule is Cc1csc(C2(CNC(=O)OCc3ccccc3)C3CCNCC32)n1. The van der Waals surface area contributed by atoms with Crippen molar-refractivity contribution >= 4 is 17.4 Å². The van der Waals surface area contributed by atoms with Crippen LogP contribution in [0.1, 0.15) is 22.7 Å². The van der Waals surface area contributed by atoms with Gasteiger partial charge in [-0.2, -0.15) is 0 Å². The van der Waals surface area contributed by atoms with Gasteiger partial charge in [0.05, 0.1) is 0 Å². The van der Waals surface area contributed by atoms with Gasteiger partial charge in [0.25, 0.3) is 0 Å². The zero-order valence-electron chi connectivity index (χ0n) is 14.3. The Morgan fingerprint density at radius 1 is 1.40 bits per heavy atom. The molecule has 1 aromatic heterocycles. The minimum atomic E-state index is -0.354. The maximum absolute atomic E-state index is 12.2. The average Bonchev–Trinajstić information content (AvgIpc) is 3.10. The molecule has 0 spiro atoms. The molecule has 2 fully saturated rings. The van der Waals surface area contributed by atoms with Gasteiger partial charge in [0.15, 0.2) is 0 Å². The Morgan fingerprint density at radius 2 is 2.24 bits per heavy atom. The molecule has 6 heteroatoms. The Bertz CT molecular complexity index is 734. The van der Waals surface area contributed by atoms with Crippen LogP contribution < -0.4 is 10.6 Å². The number of ether oxygens (including phenoxy) is 1. The number of nitrogens with one attached hydrogen (secondary N) is 2. The van der Waals surface area contributed by atoms with Crippen molar-refractivity contribution in [1.29, 1.82) is 0 Å². The fourth-order valence-electron chi connectivity index (χ4n) is 4.12. The lowest BCUT2D eigenvalue weighted by Gasteiger charge is -2.16. The lowest BCUT2D eigenvalue weighted by molar-refractivity contribution is 0.138. The van der Waals surface area contributed by atoms with Crippen molar-refractivity contribution in [2.45, 2.75) is 25.4 Å². The standard InChI is InChI=1S/C19H23N3O2S/c1-13-11-25-17(22-13)19(15-7-8-20-9-16(15)19)12-21-18(23)24-10-14-5-3-2-4-6-14/h2-6,11,15-16,20H,7-10,12H2,1H3,(H,21,23). The summed E-state index contributed by atoms with van der Waals surface area (Å²) in [6.45, 7) is 4.98. The maximum Gasteiger partial charge on any atom is 0.407 e. The van der Waals surface area contributed by atoms with Crippen LogP contribution in [0.2, 0.25) is 0 Å². The van der Waals surface area contributed by atoms with E-state index in [2.05, 4.69) is 16.0 Å². The Kier molecular flexibility index (Phi) is 4.48. The molecule has 2 N–H and O–H groups in total. The van der Waals surface area contributed by atoms with E-state index in [0.29, 0.717) is 25.0 Å². The van der Waals surface area contributed by atoms with Gasteiger partial charge in [-0.3, -0.25) is 0 Å². The van der Waals surface area contributed by atoms with E-state index >= 15 is 0 Å². The summed E-state index contributed by atoms with van der Waals surface area (Å²) in [5, 5.41) is 9.73. The number of carbonyl (C=O) groups excluding carboxylic acids is 1. The molecule has 2 aromatic rings. The van der Waals surface area contributed by atoms with Crippen LogP contribution in [0.4, 0.5) is 4.79 Å². The van der Waals surface area contributed by atoms with E-state index in [1.54, 1.807) is 11.3 Å². The highest BCUT2D eigenvalue weighted by atomic mass is 32.1. The highest BCUT2D eigenvalue weighted by molar-refractivity contribution is 7.09. The molecule has 3 unspecified atom stereocenters. The predicted octanol–water partition coefficient (Wildman–Crippen LogP) is 2.86. The van der Waals surface area contributed by atoms with Crippen LogP contribution in [0.25, 0.3) is 0 Å². The number of alkyl carbamates (subject to hydrolysis) is 1. The molecular weight excluding hydrogens is 334 g/mol. The molecule has 2 aliphatic rings. The minimum absolute atomic E-state index is 0.0196. The zero-order chi connectivity index (χ0) is 17.3. The summed E-state index contributed by atoms with van der Waals surface area (Å²) in [4.78, 5) is 16.9. The van der Waals surface area contributed by atoms with E-state index < -0.39 is 0 Å². The first kappa shape index (κ1) is 16.5.